The molecule has 6 heteroatoms. The number of nitrogens with zero attached hydrogens (tertiary/aromatic N) is 2. The Morgan fingerprint density at radius 2 is 2.21 bits per heavy atom. The Balaban J connectivity index is 3.04. The van der Waals surface area contributed by atoms with E-state index in [1.54, 1.807) is 0 Å². The zero-order chi connectivity index (χ0) is 14.5. The summed E-state index contributed by atoms with van der Waals surface area (Å²) in [6.07, 6.45) is 10.0. The molecule has 0 saturated carbocycles. The average molecular weight is 298 g/mol. The molecule has 0 aromatic carbocycles. The minimum absolute atomic E-state index is 0.155. The number of hydrogen-bond donors (Lipinski definition) is 1. The Morgan fingerprint density at radius 3 is 2.68 bits per heavy atom. The number of aromatic nitrogens is 2. The van der Waals surface area contributed by atoms with Gasteiger partial charge in [0.15, 0.2) is 10.9 Å². The maximum atomic E-state index is 12.2. The average Bonchev–Trinajstić information content (AvgIpc) is 2.45. The highest BCUT2D eigenvalue weighted by molar-refractivity contribution is 7.98. The Bertz CT molecular complexity index is 509. The number of hydrogen-bond acceptors (Lipinski definition) is 4. The molecule has 0 radical (unpaired) electrons. The number of carbonyl (C=O) groups is 1. The van der Waals surface area contributed by atoms with Crippen LogP contribution < -0.4 is 5.32 Å². The van der Waals surface area contributed by atoms with Crippen molar-refractivity contribution in [2.24, 2.45) is 0 Å². The van der Waals surface area contributed by atoms with Crippen molar-refractivity contribution in [3.05, 3.63) is 16.9 Å². The fourth-order valence-electron chi connectivity index (χ4n) is 1.55. The SMILES string of the molecule is C#CC(CC)(CC)NC(=O)c1nc(SC)ncc1Cl. The number of carbonyl (C=O) groups excluding carboxylic acids is 1. The Kier molecular flexibility index (Phi) is 5.64. The van der Waals surface area contributed by atoms with Gasteiger partial charge in [0.2, 0.25) is 0 Å². The lowest BCUT2D eigenvalue weighted by molar-refractivity contribution is 0.0910. The van der Waals surface area contributed by atoms with Crippen molar-refractivity contribution >= 4 is 29.3 Å². The summed E-state index contributed by atoms with van der Waals surface area (Å²) in [6, 6.07) is 0. The summed E-state index contributed by atoms with van der Waals surface area (Å²) < 4.78 is 0. The molecule has 1 amide bonds. The van der Waals surface area contributed by atoms with E-state index >= 15 is 0 Å². The van der Waals surface area contributed by atoms with Gasteiger partial charge in [-0.05, 0) is 19.1 Å². The third kappa shape index (κ3) is 3.62. The van der Waals surface area contributed by atoms with Crippen LogP contribution in [0.3, 0.4) is 0 Å². The first-order valence-electron chi connectivity index (χ1n) is 5.88. The molecule has 0 fully saturated rings. The van der Waals surface area contributed by atoms with Gasteiger partial charge >= 0.3 is 0 Å². The van der Waals surface area contributed by atoms with Gasteiger partial charge in [-0.1, -0.05) is 43.1 Å². The topological polar surface area (TPSA) is 54.9 Å². The summed E-state index contributed by atoms with van der Waals surface area (Å²) in [5.41, 5.74) is -0.507. The van der Waals surface area contributed by atoms with Gasteiger partial charge in [-0.25, -0.2) is 9.97 Å². The lowest BCUT2D eigenvalue weighted by Gasteiger charge is -2.26. The minimum Gasteiger partial charge on any atom is -0.334 e. The number of terminal acetylenes is 1. The van der Waals surface area contributed by atoms with Gasteiger partial charge in [0.25, 0.3) is 5.91 Å². The van der Waals surface area contributed by atoms with E-state index in [2.05, 4.69) is 21.2 Å². The highest BCUT2D eigenvalue weighted by Crippen LogP contribution is 2.19. The Morgan fingerprint density at radius 1 is 1.58 bits per heavy atom. The van der Waals surface area contributed by atoms with Gasteiger partial charge in [-0.15, -0.1) is 6.42 Å². The van der Waals surface area contributed by atoms with Gasteiger partial charge in [0.05, 0.1) is 11.2 Å². The molecule has 0 spiro atoms. The number of nitrogens with one attached hydrogen (secondary N) is 1. The van der Waals surface area contributed by atoms with E-state index in [1.165, 1.54) is 18.0 Å². The molecule has 0 unspecified atom stereocenters. The van der Waals surface area contributed by atoms with E-state index in [-0.39, 0.29) is 16.6 Å². The number of amides is 1. The highest BCUT2D eigenvalue weighted by Gasteiger charge is 2.27. The standard InChI is InChI=1S/C13H16ClN3OS/c1-5-13(6-2,7-3)17-11(18)10-9(14)8-15-12(16-10)19-4/h1,8H,6-7H2,2-4H3,(H,17,18). The van der Waals surface area contributed by atoms with E-state index in [4.69, 9.17) is 18.0 Å². The van der Waals surface area contributed by atoms with Crippen LogP contribution in [-0.4, -0.2) is 27.7 Å². The molecule has 0 aliphatic heterocycles. The maximum absolute atomic E-state index is 12.2. The zero-order valence-electron chi connectivity index (χ0n) is 11.2. The quantitative estimate of drug-likeness (QED) is 0.516. The molecular weight excluding hydrogens is 282 g/mol. The van der Waals surface area contributed by atoms with Crippen LogP contribution >= 0.6 is 23.4 Å². The predicted octanol–water partition coefficient (Wildman–Crippen LogP) is 2.77. The summed E-state index contributed by atoms with van der Waals surface area (Å²) in [5.74, 6) is 2.27. The van der Waals surface area contributed by atoms with E-state index < -0.39 is 5.54 Å². The van der Waals surface area contributed by atoms with Crippen LogP contribution in [0.25, 0.3) is 0 Å². The molecular formula is C13H16ClN3OS. The fraction of sp³-hybridized carbons (Fsp3) is 0.462. The molecule has 0 bridgehead atoms. The van der Waals surface area contributed by atoms with E-state index in [1.807, 2.05) is 20.1 Å². The summed E-state index contributed by atoms with van der Waals surface area (Å²) in [6.45, 7) is 3.86. The van der Waals surface area contributed by atoms with E-state index in [0.29, 0.717) is 18.0 Å². The lowest BCUT2D eigenvalue weighted by atomic mass is 9.94. The third-order valence-electron chi connectivity index (χ3n) is 2.96. The molecule has 1 aromatic heterocycles. The molecule has 19 heavy (non-hydrogen) atoms. The van der Waals surface area contributed by atoms with Gasteiger partial charge in [-0.2, -0.15) is 0 Å². The molecule has 1 rings (SSSR count). The summed E-state index contributed by atoms with van der Waals surface area (Å²) >= 11 is 7.30. The number of rotatable bonds is 5. The Labute approximate surface area is 122 Å². The van der Waals surface area contributed by atoms with E-state index in [9.17, 15) is 4.79 Å². The van der Waals surface area contributed by atoms with E-state index in [0.717, 1.165) is 0 Å². The molecule has 0 aliphatic rings. The normalized spacial score (nSPS) is 10.9. The monoisotopic (exact) mass is 297 g/mol. The van der Waals surface area contributed by atoms with Crippen molar-refractivity contribution in [1.29, 1.82) is 0 Å². The van der Waals surface area contributed by atoms with Crippen LogP contribution in [0.15, 0.2) is 11.4 Å². The van der Waals surface area contributed by atoms with Crippen molar-refractivity contribution in [1.82, 2.24) is 15.3 Å². The van der Waals surface area contributed by atoms with Crippen molar-refractivity contribution in [2.45, 2.75) is 37.4 Å². The third-order valence-corrected chi connectivity index (χ3v) is 3.79. The Hall–Kier alpha value is -1.25. The lowest BCUT2D eigenvalue weighted by Crippen LogP contribution is -2.46. The first-order chi connectivity index (χ1) is 9.01. The molecule has 1 heterocycles. The van der Waals surface area contributed by atoms with Crippen LogP contribution in [0.2, 0.25) is 5.02 Å². The van der Waals surface area contributed by atoms with Crippen molar-refractivity contribution in [3.63, 3.8) is 0 Å². The van der Waals surface area contributed by atoms with Gasteiger partial charge < -0.3 is 5.32 Å². The predicted molar refractivity (Wildman–Crippen MR) is 78.4 cm³/mol. The van der Waals surface area contributed by atoms with Gasteiger partial charge in [-0.3, -0.25) is 4.79 Å². The second-order valence-corrected chi connectivity index (χ2v) is 5.12. The summed E-state index contributed by atoms with van der Waals surface area (Å²) in [4.78, 5) is 20.3. The number of thioether (sulfide) groups is 1. The second kappa shape index (κ2) is 6.78. The molecule has 4 nitrogen and oxygen atoms in total. The first-order valence-corrected chi connectivity index (χ1v) is 7.49. The van der Waals surface area contributed by atoms with Crippen molar-refractivity contribution in [3.8, 4) is 12.3 Å². The van der Waals surface area contributed by atoms with Crippen LogP contribution in [0.5, 0.6) is 0 Å². The van der Waals surface area contributed by atoms with Gasteiger partial charge in [0, 0.05) is 0 Å². The summed E-state index contributed by atoms with van der Waals surface area (Å²) in [5, 5.41) is 3.54. The van der Waals surface area contributed by atoms with Gasteiger partial charge in [0.1, 0.15) is 5.54 Å². The van der Waals surface area contributed by atoms with Crippen LogP contribution in [0, 0.1) is 12.3 Å². The fourth-order valence-corrected chi connectivity index (χ4v) is 2.07. The number of halogens is 1. The second-order valence-electron chi connectivity index (χ2n) is 3.94. The first kappa shape index (κ1) is 15.8. The smallest absolute Gasteiger partial charge is 0.272 e. The van der Waals surface area contributed by atoms with Crippen LogP contribution in [-0.2, 0) is 0 Å². The summed E-state index contributed by atoms with van der Waals surface area (Å²) in [7, 11) is 0. The van der Waals surface area contributed by atoms with Crippen LogP contribution in [0.4, 0.5) is 0 Å². The zero-order valence-corrected chi connectivity index (χ0v) is 12.7. The largest absolute Gasteiger partial charge is 0.334 e. The molecule has 0 aliphatic carbocycles. The molecule has 0 saturated heterocycles. The molecule has 1 aromatic rings. The van der Waals surface area contributed by atoms with Crippen molar-refractivity contribution < 1.29 is 4.79 Å². The van der Waals surface area contributed by atoms with Crippen LogP contribution in [0.1, 0.15) is 37.2 Å². The van der Waals surface area contributed by atoms with Crippen molar-refractivity contribution in [2.75, 3.05) is 6.26 Å². The highest BCUT2D eigenvalue weighted by atomic mass is 35.5. The molecule has 0 atom stereocenters. The molecule has 102 valence electrons. The minimum atomic E-state index is -0.662. The maximum Gasteiger partial charge on any atom is 0.272 e. The molecule has 1 N–H and O–H groups in total.